The van der Waals surface area contributed by atoms with E-state index in [1.54, 1.807) is 12.1 Å². The number of aryl methyl sites for hydroxylation is 2. The lowest BCUT2D eigenvalue weighted by atomic mass is 10.1. The number of fused-ring (bicyclic) bond motifs is 1. The second-order valence-electron chi connectivity index (χ2n) is 6.15. The number of amides is 2. The number of thiophene rings is 2. The number of hydrogen-bond donors (Lipinski definition) is 2. The molecule has 0 spiro atoms. The van der Waals surface area contributed by atoms with Gasteiger partial charge in [-0.15, -0.1) is 22.7 Å². The van der Waals surface area contributed by atoms with E-state index in [9.17, 15) is 14.4 Å². The minimum Gasteiger partial charge on any atom is -0.293 e. The second-order valence-corrected chi connectivity index (χ2v) is 9.00. The summed E-state index contributed by atoms with van der Waals surface area (Å²) < 4.78 is 0.541. The van der Waals surface area contributed by atoms with Crippen molar-refractivity contribution in [3.63, 3.8) is 0 Å². The largest absolute Gasteiger partial charge is 0.293 e. The zero-order valence-corrected chi connectivity index (χ0v) is 16.5. The number of hydrazine groups is 1. The van der Waals surface area contributed by atoms with Gasteiger partial charge in [0.1, 0.15) is 0 Å². The summed E-state index contributed by atoms with van der Waals surface area (Å²) >= 11 is 8.49. The lowest BCUT2D eigenvalue weighted by molar-refractivity contribution is -0.121. The lowest BCUT2D eigenvalue weighted by Gasteiger charge is -2.05. The maximum absolute atomic E-state index is 12.2. The zero-order chi connectivity index (χ0) is 18.5. The Morgan fingerprint density at radius 2 is 1.77 bits per heavy atom. The fraction of sp³-hybridized carbons (Fsp3) is 0.389. The van der Waals surface area contributed by atoms with E-state index >= 15 is 0 Å². The Labute approximate surface area is 164 Å². The first-order valence-corrected chi connectivity index (χ1v) is 10.5. The van der Waals surface area contributed by atoms with Crippen molar-refractivity contribution in [3.05, 3.63) is 42.7 Å². The molecule has 2 N–H and O–H groups in total. The molecule has 3 rings (SSSR count). The third-order valence-corrected chi connectivity index (χ3v) is 6.72. The Balaban J connectivity index is 1.45. The molecule has 5 nitrogen and oxygen atoms in total. The van der Waals surface area contributed by atoms with Crippen LogP contribution in [0.15, 0.2) is 18.2 Å². The van der Waals surface area contributed by atoms with Crippen molar-refractivity contribution in [2.75, 3.05) is 0 Å². The molecular formula is C18H19ClN2O3S2. The van der Waals surface area contributed by atoms with Gasteiger partial charge in [0.25, 0.3) is 5.91 Å². The summed E-state index contributed by atoms with van der Waals surface area (Å²) in [5.74, 6) is -0.842. The van der Waals surface area contributed by atoms with E-state index in [0.717, 1.165) is 25.7 Å². The fourth-order valence-electron chi connectivity index (χ4n) is 2.84. The van der Waals surface area contributed by atoms with E-state index in [1.807, 2.05) is 6.07 Å². The molecule has 2 aromatic heterocycles. The standard InChI is InChI=1S/C18H19ClN2O3S2/c19-16-8-7-14(26-16)12(22)6-9-17(23)20-21-18(24)15-10-11-4-2-1-3-5-13(11)25-15/h7-8,10H,1-6,9H2,(H,20,23)(H,21,24). The average Bonchev–Trinajstić information content (AvgIpc) is 3.18. The number of nitrogens with one attached hydrogen (secondary N) is 2. The van der Waals surface area contributed by atoms with Crippen molar-refractivity contribution in [1.82, 2.24) is 10.9 Å². The van der Waals surface area contributed by atoms with Gasteiger partial charge < -0.3 is 0 Å². The fourth-order valence-corrected chi connectivity index (χ4v) is 5.00. The minimum absolute atomic E-state index is 0.00950. The maximum Gasteiger partial charge on any atom is 0.279 e. The number of Topliss-reactive ketones (excluding diaryl/α,β-unsaturated/α-hetero) is 1. The van der Waals surface area contributed by atoms with Gasteiger partial charge >= 0.3 is 0 Å². The van der Waals surface area contributed by atoms with Crippen LogP contribution in [0.4, 0.5) is 0 Å². The summed E-state index contributed by atoms with van der Waals surface area (Å²) in [6.07, 6.45) is 5.67. The second kappa shape index (κ2) is 8.79. The maximum atomic E-state index is 12.2. The van der Waals surface area contributed by atoms with E-state index in [0.29, 0.717) is 14.1 Å². The summed E-state index contributed by atoms with van der Waals surface area (Å²) in [6, 6.07) is 5.23. The highest BCUT2D eigenvalue weighted by Crippen LogP contribution is 2.28. The van der Waals surface area contributed by atoms with E-state index in [1.165, 1.54) is 39.5 Å². The molecule has 0 unspecified atom stereocenters. The number of hydrogen-bond acceptors (Lipinski definition) is 5. The van der Waals surface area contributed by atoms with Crippen LogP contribution in [0.25, 0.3) is 0 Å². The Morgan fingerprint density at radius 1 is 0.962 bits per heavy atom. The molecule has 0 saturated heterocycles. The van der Waals surface area contributed by atoms with Gasteiger partial charge in [-0.1, -0.05) is 18.0 Å². The van der Waals surface area contributed by atoms with Crippen LogP contribution in [0, 0.1) is 0 Å². The molecule has 2 aromatic rings. The predicted molar refractivity (Wildman–Crippen MR) is 104 cm³/mol. The molecule has 0 aliphatic heterocycles. The van der Waals surface area contributed by atoms with Gasteiger partial charge in [0.2, 0.25) is 5.91 Å². The molecule has 0 saturated carbocycles. The molecule has 0 atom stereocenters. The van der Waals surface area contributed by atoms with Gasteiger partial charge in [-0.2, -0.15) is 0 Å². The summed E-state index contributed by atoms with van der Waals surface area (Å²) in [5, 5.41) is 0. The third kappa shape index (κ3) is 4.93. The van der Waals surface area contributed by atoms with Crippen molar-refractivity contribution in [2.45, 2.75) is 44.9 Å². The molecule has 0 fully saturated rings. The van der Waals surface area contributed by atoms with Crippen molar-refractivity contribution in [1.29, 1.82) is 0 Å². The Kier molecular flexibility index (Phi) is 6.45. The Bertz CT molecular complexity index is 805. The number of carbonyl (C=O) groups is 3. The Morgan fingerprint density at radius 3 is 2.54 bits per heavy atom. The van der Waals surface area contributed by atoms with Gasteiger partial charge in [-0.05, 0) is 49.4 Å². The van der Waals surface area contributed by atoms with Crippen LogP contribution in [-0.4, -0.2) is 17.6 Å². The zero-order valence-electron chi connectivity index (χ0n) is 14.1. The van der Waals surface area contributed by atoms with Gasteiger partial charge in [-0.3, -0.25) is 25.2 Å². The summed E-state index contributed by atoms with van der Waals surface area (Å²) in [6.45, 7) is 0. The summed E-state index contributed by atoms with van der Waals surface area (Å²) in [4.78, 5) is 38.5. The number of carbonyl (C=O) groups excluding carboxylic acids is 3. The van der Waals surface area contributed by atoms with Crippen LogP contribution >= 0.6 is 34.3 Å². The van der Waals surface area contributed by atoms with Gasteiger partial charge in [0.05, 0.1) is 14.1 Å². The van der Waals surface area contributed by atoms with Crippen LogP contribution in [0.2, 0.25) is 4.34 Å². The van der Waals surface area contributed by atoms with Crippen LogP contribution in [-0.2, 0) is 17.6 Å². The van der Waals surface area contributed by atoms with Crippen LogP contribution in [0.1, 0.15) is 61.9 Å². The highest BCUT2D eigenvalue weighted by molar-refractivity contribution is 7.18. The van der Waals surface area contributed by atoms with Crippen LogP contribution < -0.4 is 10.9 Å². The molecule has 0 radical (unpaired) electrons. The molecule has 0 bridgehead atoms. The molecule has 0 aromatic carbocycles. The lowest BCUT2D eigenvalue weighted by Crippen LogP contribution is -2.41. The molecular weight excluding hydrogens is 392 g/mol. The van der Waals surface area contributed by atoms with E-state index < -0.39 is 5.91 Å². The van der Waals surface area contributed by atoms with Gasteiger partial charge in [0, 0.05) is 17.7 Å². The van der Waals surface area contributed by atoms with E-state index in [4.69, 9.17) is 11.6 Å². The summed E-state index contributed by atoms with van der Waals surface area (Å²) in [7, 11) is 0. The normalized spacial score (nSPS) is 13.6. The molecule has 2 heterocycles. The molecule has 138 valence electrons. The number of halogens is 1. The van der Waals surface area contributed by atoms with Crippen molar-refractivity contribution in [3.8, 4) is 0 Å². The predicted octanol–water partition coefficient (Wildman–Crippen LogP) is 4.16. The first kappa shape index (κ1) is 19.1. The van der Waals surface area contributed by atoms with Gasteiger partial charge in [-0.25, -0.2) is 0 Å². The topological polar surface area (TPSA) is 75.3 Å². The molecule has 26 heavy (non-hydrogen) atoms. The summed E-state index contributed by atoms with van der Waals surface area (Å²) in [5.41, 5.74) is 6.07. The average molecular weight is 411 g/mol. The van der Waals surface area contributed by atoms with Crippen LogP contribution in [0.3, 0.4) is 0 Å². The first-order chi connectivity index (χ1) is 12.5. The monoisotopic (exact) mass is 410 g/mol. The molecule has 8 heteroatoms. The van der Waals surface area contributed by atoms with Crippen molar-refractivity contribution < 1.29 is 14.4 Å². The highest BCUT2D eigenvalue weighted by Gasteiger charge is 2.17. The van der Waals surface area contributed by atoms with E-state index in [2.05, 4.69) is 10.9 Å². The SMILES string of the molecule is O=C(CCC(=O)c1ccc(Cl)s1)NNC(=O)c1cc2c(s1)CCCCC2. The van der Waals surface area contributed by atoms with Crippen molar-refractivity contribution in [2.24, 2.45) is 0 Å². The minimum atomic E-state index is -0.396. The number of ketones is 1. The van der Waals surface area contributed by atoms with E-state index in [-0.39, 0.29) is 24.5 Å². The van der Waals surface area contributed by atoms with Crippen molar-refractivity contribution >= 4 is 51.9 Å². The molecule has 1 aliphatic rings. The third-order valence-electron chi connectivity index (χ3n) is 4.21. The smallest absolute Gasteiger partial charge is 0.279 e. The van der Waals surface area contributed by atoms with Gasteiger partial charge in [0.15, 0.2) is 5.78 Å². The van der Waals surface area contributed by atoms with Crippen LogP contribution in [0.5, 0.6) is 0 Å². The number of rotatable bonds is 5. The Hall–Kier alpha value is -1.70. The molecule has 2 amide bonds. The molecule has 1 aliphatic carbocycles. The first-order valence-electron chi connectivity index (χ1n) is 8.52. The highest BCUT2D eigenvalue weighted by atomic mass is 35.5. The quantitative estimate of drug-likeness (QED) is 0.441.